The van der Waals surface area contributed by atoms with Crippen LogP contribution >= 0.6 is 0 Å². The summed E-state index contributed by atoms with van der Waals surface area (Å²) in [4.78, 5) is 17.5. The maximum absolute atomic E-state index is 12.4. The van der Waals surface area contributed by atoms with E-state index in [0.717, 1.165) is 30.1 Å². The normalized spacial score (nSPS) is 49.1. The van der Waals surface area contributed by atoms with Gasteiger partial charge in [0.25, 0.3) is 0 Å². The summed E-state index contributed by atoms with van der Waals surface area (Å²) in [5.74, 6) is 6.37. The Morgan fingerprint density at radius 3 is 1.71 bits per heavy atom. The largest absolute Gasteiger partial charge is 0.462 e. The van der Waals surface area contributed by atoms with Gasteiger partial charge in [0.15, 0.2) is 6.29 Å². The zero-order chi connectivity index (χ0) is 35.8. The fourth-order valence-corrected chi connectivity index (χ4v) is 13.2. The van der Waals surface area contributed by atoms with Gasteiger partial charge in [0.2, 0.25) is 0 Å². The van der Waals surface area contributed by atoms with E-state index >= 15 is 0 Å². The van der Waals surface area contributed by atoms with Crippen molar-refractivity contribution < 1.29 is 19.0 Å². The summed E-state index contributed by atoms with van der Waals surface area (Å²) >= 11 is 0. The lowest BCUT2D eigenvalue weighted by Gasteiger charge is -2.47. The lowest BCUT2D eigenvalue weighted by atomic mass is 9.57. The van der Waals surface area contributed by atoms with Gasteiger partial charge in [0.1, 0.15) is 6.10 Å². The Hall–Kier alpha value is -1.21. The van der Waals surface area contributed by atoms with Crippen LogP contribution in [-0.4, -0.2) is 79.6 Å². The molecule has 8 rings (SSSR count). The standard InChI is InChI=1S/C23H39NO2.C22H35NO2/c1-15-8-7-10-18(24(15)3)12-13-20-19-11-6-5-9-17(19)14-21-22(20)16(2)26-23(21)25-4;1-14-7-6-9-17(23(14)3)11-12-19-18-10-5-4-8-16(18)13-20-21(19)15(2)25-22(20)24/h12-13,15-23H,5-11,14H2,1-4H3;11-12,14-21H,4-10,13H2,1-3H3/b13-12+;12-11+/t15?,16?,17?,18?,19?,20-,21?,22?,23?;14-,15-,16+,17?,18-,19+,20-,21+/m10/s1. The first-order chi connectivity index (χ1) is 24.7. The molecule has 51 heavy (non-hydrogen) atoms. The van der Waals surface area contributed by atoms with Crippen molar-refractivity contribution in [2.75, 3.05) is 21.2 Å². The van der Waals surface area contributed by atoms with Crippen molar-refractivity contribution in [3.05, 3.63) is 24.3 Å². The van der Waals surface area contributed by atoms with Gasteiger partial charge in [0.05, 0.1) is 12.0 Å². The first-order valence-electron chi connectivity index (χ1n) is 21.9. The van der Waals surface area contributed by atoms with Gasteiger partial charge in [-0.15, -0.1) is 0 Å². The topological polar surface area (TPSA) is 51.2 Å². The highest BCUT2D eigenvalue weighted by Crippen LogP contribution is 2.56. The number of nitrogens with zero attached hydrogens (tertiary/aromatic N) is 2. The number of likely N-dealkylation sites (tertiary alicyclic amines) is 2. The second-order valence-corrected chi connectivity index (χ2v) is 18.9. The fraction of sp³-hybridized carbons (Fsp3) is 0.889. The van der Waals surface area contributed by atoms with E-state index in [1.807, 2.05) is 7.11 Å². The number of rotatable bonds is 5. The summed E-state index contributed by atoms with van der Waals surface area (Å²) in [7, 11) is 6.42. The van der Waals surface area contributed by atoms with E-state index in [4.69, 9.17) is 14.2 Å². The number of hydrogen-bond acceptors (Lipinski definition) is 6. The molecule has 8 aliphatic rings. The highest BCUT2D eigenvalue weighted by Gasteiger charge is 2.55. The molecule has 0 amide bonds. The number of fused-ring (bicyclic) bond motifs is 4. The van der Waals surface area contributed by atoms with Crippen molar-refractivity contribution in [2.24, 2.45) is 59.2 Å². The first kappa shape index (κ1) is 38.1. The molecule has 0 radical (unpaired) electrons. The number of methoxy groups -OCH3 is 1. The second-order valence-electron chi connectivity index (χ2n) is 18.9. The Labute approximate surface area is 311 Å². The number of esters is 1. The molecule has 0 aromatic carbocycles. The predicted molar refractivity (Wildman–Crippen MR) is 206 cm³/mol. The van der Waals surface area contributed by atoms with E-state index in [9.17, 15) is 4.79 Å². The Kier molecular flexibility index (Phi) is 12.4. The van der Waals surface area contributed by atoms with Crippen LogP contribution in [0.25, 0.3) is 0 Å². The molecule has 0 aromatic heterocycles. The molecule has 6 heteroatoms. The highest BCUT2D eigenvalue weighted by atomic mass is 16.7. The van der Waals surface area contributed by atoms with E-state index in [-0.39, 0.29) is 24.3 Å². The third-order valence-electron chi connectivity index (χ3n) is 16.3. The molecule has 4 heterocycles. The average Bonchev–Trinajstić information content (AvgIpc) is 3.61. The monoisotopic (exact) mass is 707 g/mol. The van der Waals surface area contributed by atoms with E-state index < -0.39 is 0 Å². The van der Waals surface area contributed by atoms with Crippen molar-refractivity contribution in [1.82, 2.24) is 9.80 Å². The molecule has 288 valence electrons. The zero-order valence-electron chi connectivity index (χ0n) is 33.5. The number of cyclic esters (lactones) is 1. The average molecular weight is 707 g/mol. The second kappa shape index (κ2) is 16.7. The van der Waals surface area contributed by atoms with Crippen molar-refractivity contribution in [1.29, 1.82) is 0 Å². The summed E-state index contributed by atoms with van der Waals surface area (Å²) in [6, 6.07) is 2.59. The number of piperidine rings is 2. The third kappa shape index (κ3) is 7.83. The number of hydrogen-bond donors (Lipinski definition) is 0. The maximum Gasteiger partial charge on any atom is 0.309 e. The number of allylic oxidation sites excluding steroid dienone is 2. The highest BCUT2D eigenvalue weighted by molar-refractivity contribution is 5.75. The predicted octanol–water partition coefficient (Wildman–Crippen LogP) is 9.28. The van der Waals surface area contributed by atoms with Crippen LogP contribution in [0.5, 0.6) is 0 Å². The van der Waals surface area contributed by atoms with E-state index in [2.05, 4.69) is 75.9 Å². The summed E-state index contributed by atoms with van der Waals surface area (Å²) in [6.45, 7) is 9.14. The Morgan fingerprint density at radius 1 is 0.608 bits per heavy atom. The summed E-state index contributed by atoms with van der Waals surface area (Å²) < 4.78 is 17.7. The van der Waals surface area contributed by atoms with Gasteiger partial charge in [-0.1, -0.05) is 75.7 Å². The summed E-state index contributed by atoms with van der Waals surface area (Å²) in [6.07, 6.45) is 32.1. The fourth-order valence-electron chi connectivity index (χ4n) is 13.2. The lowest BCUT2D eigenvalue weighted by Crippen LogP contribution is -2.44. The third-order valence-corrected chi connectivity index (χ3v) is 16.3. The van der Waals surface area contributed by atoms with Crippen LogP contribution in [-0.2, 0) is 19.0 Å². The molecule has 0 N–H and O–H groups in total. The minimum absolute atomic E-state index is 0.0196. The molecule has 4 saturated heterocycles. The molecule has 0 spiro atoms. The van der Waals surface area contributed by atoms with Crippen LogP contribution in [0.4, 0.5) is 0 Å². The van der Waals surface area contributed by atoms with Crippen LogP contribution < -0.4 is 0 Å². The number of likely N-dealkylation sites (N-methyl/N-ethyl adjacent to an activating group) is 2. The SMILES string of the molecule is COC1OC(C)C2C1CC1CCCCC1[C@H]2/C=C/C1CCCC(C)N1C.C[C@@H]1OC(=O)[C@H]2C[C@H]3CCCC[C@@H]3[C@@H](/C=C/C3CCC[C@H](C)N3C)[C@@H]12. The molecule has 4 aliphatic carbocycles. The van der Waals surface area contributed by atoms with Crippen LogP contribution in [0.15, 0.2) is 24.3 Å². The molecule has 0 bridgehead atoms. The van der Waals surface area contributed by atoms with Crippen molar-refractivity contribution in [3.8, 4) is 0 Å². The molecule has 4 saturated carbocycles. The van der Waals surface area contributed by atoms with Gasteiger partial charge in [-0.25, -0.2) is 0 Å². The van der Waals surface area contributed by atoms with Crippen LogP contribution in [0, 0.1) is 59.2 Å². The van der Waals surface area contributed by atoms with Gasteiger partial charge in [-0.2, -0.15) is 0 Å². The molecular formula is C45H74N2O4. The van der Waals surface area contributed by atoms with Crippen LogP contribution in [0.1, 0.15) is 130 Å². The van der Waals surface area contributed by atoms with Gasteiger partial charge in [-0.3, -0.25) is 14.6 Å². The van der Waals surface area contributed by atoms with E-state index in [1.54, 1.807) is 0 Å². The Morgan fingerprint density at radius 2 is 1.14 bits per heavy atom. The van der Waals surface area contributed by atoms with Crippen molar-refractivity contribution >= 4 is 5.97 Å². The molecule has 0 aromatic rings. The lowest BCUT2D eigenvalue weighted by molar-refractivity contribution is -0.144. The van der Waals surface area contributed by atoms with E-state index in [1.165, 1.54) is 96.3 Å². The quantitative estimate of drug-likeness (QED) is 0.210. The van der Waals surface area contributed by atoms with Crippen molar-refractivity contribution in [2.45, 2.75) is 173 Å². The number of carbonyl (C=O) groups excluding carboxylic acids is 1. The van der Waals surface area contributed by atoms with E-state index in [0.29, 0.717) is 59.9 Å². The van der Waals surface area contributed by atoms with Gasteiger partial charge in [-0.05, 0) is 135 Å². The summed E-state index contributed by atoms with van der Waals surface area (Å²) in [5, 5.41) is 0. The maximum atomic E-state index is 12.4. The molecular weight excluding hydrogens is 633 g/mol. The van der Waals surface area contributed by atoms with Crippen LogP contribution in [0.3, 0.4) is 0 Å². The molecule has 8 fully saturated rings. The minimum Gasteiger partial charge on any atom is -0.462 e. The Bertz CT molecular complexity index is 1220. The van der Waals surface area contributed by atoms with Gasteiger partial charge in [0, 0.05) is 43.1 Å². The minimum atomic E-state index is 0.0196. The summed E-state index contributed by atoms with van der Waals surface area (Å²) in [5.41, 5.74) is 0. The zero-order valence-corrected chi connectivity index (χ0v) is 33.5. The molecule has 17 atom stereocenters. The van der Waals surface area contributed by atoms with Crippen molar-refractivity contribution in [3.63, 3.8) is 0 Å². The molecule has 4 aliphatic heterocycles. The molecule has 9 unspecified atom stereocenters. The van der Waals surface area contributed by atoms with Crippen LogP contribution in [0.2, 0.25) is 0 Å². The number of ether oxygens (including phenoxy) is 3. The van der Waals surface area contributed by atoms with Gasteiger partial charge >= 0.3 is 5.97 Å². The smallest absolute Gasteiger partial charge is 0.309 e. The molecule has 6 nitrogen and oxygen atoms in total. The Balaban J connectivity index is 0.000000159. The number of carbonyl (C=O) groups is 1. The van der Waals surface area contributed by atoms with Gasteiger partial charge < -0.3 is 14.2 Å². The first-order valence-corrected chi connectivity index (χ1v) is 21.9.